The SMILES string of the molecule is Cc1ccc(C)c(OCc2nnc(SCCCCC#N)o2)c1. The number of thioether (sulfide) groups is 1. The van der Waals surface area contributed by atoms with Crippen molar-refractivity contribution >= 4 is 11.8 Å². The highest BCUT2D eigenvalue weighted by Crippen LogP contribution is 2.22. The number of benzene rings is 1. The summed E-state index contributed by atoms with van der Waals surface area (Å²) in [5.74, 6) is 2.19. The lowest BCUT2D eigenvalue weighted by molar-refractivity contribution is 0.250. The first kappa shape index (κ1) is 16.4. The molecule has 6 heteroatoms. The van der Waals surface area contributed by atoms with Crippen molar-refractivity contribution in [1.82, 2.24) is 10.2 Å². The average molecular weight is 317 g/mol. The van der Waals surface area contributed by atoms with Gasteiger partial charge in [0.05, 0.1) is 6.07 Å². The van der Waals surface area contributed by atoms with Crippen LogP contribution >= 0.6 is 11.8 Å². The van der Waals surface area contributed by atoms with Crippen LogP contribution in [0.15, 0.2) is 27.8 Å². The van der Waals surface area contributed by atoms with E-state index in [9.17, 15) is 0 Å². The minimum atomic E-state index is 0.270. The van der Waals surface area contributed by atoms with E-state index < -0.39 is 0 Å². The molecule has 0 spiro atoms. The number of nitriles is 1. The van der Waals surface area contributed by atoms with E-state index in [-0.39, 0.29) is 6.61 Å². The minimum absolute atomic E-state index is 0.270. The number of unbranched alkanes of at least 4 members (excludes halogenated alkanes) is 2. The standard InChI is InChI=1S/C16H19N3O2S/c1-12-6-7-13(2)14(10-12)20-11-15-18-19-16(21-15)22-9-5-3-4-8-17/h6-7,10H,3-5,9,11H2,1-2H3. The Labute approximate surface area is 134 Å². The van der Waals surface area contributed by atoms with Crippen LogP contribution in [0, 0.1) is 25.2 Å². The van der Waals surface area contributed by atoms with Crippen molar-refractivity contribution in [3.63, 3.8) is 0 Å². The van der Waals surface area contributed by atoms with Crippen LogP contribution in [0.25, 0.3) is 0 Å². The Morgan fingerprint density at radius 1 is 1.27 bits per heavy atom. The lowest BCUT2D eigenvalue weighted by Gasteiger charge is -2.07. The molecular weight excluding hydrogens is 298 g/mol. The van der Waals surface area contributed by atoms with Gasteiger partial charge in [0.15, 0.2) is 6.61 Å². The fourth-order valence-electron chi connectivity index (χ4n) is 1.82. The Morgan fingerprint density at radius 2 is 2.14 bits per heavy atom. The molecule has 0 unspecified atom stereocenters. The van der Waals surface area contributed by atoms with E-state index >= 15 is 0 Å². The highest BCUT2D eigenvalue weighted by Gasteiger charge is 2.08. The van der Waals surface area contributed by atoms with Crippen molar-refractivity contribution in [2.45, 2.75) is 44.9 Å². The second kappa shape index (κ2) is 8.44. The molecule has 2 aromatic rings. The summed E-state index contributed by atoms with van der Waals surface area (Å²) in [7, 11) is 0. The number of aryl methyl sites for hydroxylation is 2. The van der Waals surface area contributed by atoms with Crippen molar-refractivity contribution in [1.29, 1.82) is 5.26 Å². The summed E-state index contributed by atoms with van der Waals surface area (Å²) in [5.41, 5.74) is 2.23. The quantitative estimate of drug-likeness (QED) is 0.540. The maximum Gasteiger partial charge on any atom is 0.276 e. The van der Waals surface area contributed by atoms with E-state index in [2.05, 4.69) is 22.3 Å². The summed E-state index contributed by atoms with van der Waals surface area (Å²) in [6.45, 7) is 4.30. The van der Waals surface area contributed by atoms with Crippen molar-refractivity contribution in [3.05, 3.63) is 35.2 Å². The van der Waals surface area contributed by atoms with Gasteiger partial charge in [0.1, 0.15) is 5.75 Å². The fraction of sp³-hybridized carbons (Fsp3) is 0.438. The first-order valence-electron chi connectivity index (χ1n) is 7.21. The molecule has 0 aliphatic rings. The molecule has 1 heterocycles. The molecular formula is C16H19N3O2S. The van der Waals surface area contributed by atoms with Crippen LogP contribution in [-0.2, 0) is 6.61 Å². The lowest BCUT2D eigenvalue weighted by atomic mass is 10.1. The van der Waals surface area contributed by atoms with Crippen LogP contribution in [0.4, 0.5) is 0 Å². The molecule has 0 saturated heterocycles. The lowest BCUT2D eigenvalue weighted by Crippen LogP contribution is -1.97. The first-order chi connectivity index (χ1) is 10.7. The molecule has 5 nitrogen and oxygen atoms in total. The van der Waals surface area contributed by atoms with Crippen molar-refractivity contribution < 1.29 is 9.15 Å². The molecule has 0 saturated carbocycles. The second-order valence-electron chi connectivity index (χ2n) is 4.98. The van der Waals surface area contributed by atoms with Gasteiger partial charge in [-0.2, -0.15) is 5.26 Å². The largest absolute Gasteiger partial charge is 0.484 e. The Kier molecular flexibility index (Phi) is 6.28. The average Bonchev–Trinajstić information content (AvgIpc) is 2.96. The molecule has 0 fully saturated rings. The molecule has 0 aliphatic carbocycles. The van der Waals surface area contributed by atoms with Crippen LogP contribution in [0.2, 0.25) is 0 Å². The third-order valence-corrected chi connectivity index (χ3v) is 3.96. The van der Waals surface area contributed by atoms with E-state index in [1.807, 2.05) is 26.0 Å². The van der Waals surface area contributed by atoms with Gasteiger partial charge in [-0.05, 0) is 43.9 Å². The van der Waals surface area contributed by atoms with Gasteiger partial charge in [0.2, 0.25) is 0 Å². The number of ether oxygens (including phenoxy) is 1. The van der Waals surface area contributed by atoms with Crippen molar-refractivity contribution in [2.24, 2.45) is 0 Å². The monoisotopic (exact) mass is 317 g/mol. The zero-order chi connectivity index (χ0) is 15.8. The molecule has 2 rings (SSSR count). The molecule has 0 atom stereocenters. The molecule has 0 bridgehead atoms. The maximum absolute atomic E-state index is 8.46. The van der Waals surface area contributed by atoms with Gasteiger partial charge in [0.25, 0.3) is 11.1 Å². The number of hydrogen-bond acceptors (Lipinski definition) is 6. The molecule has 116 valence electrons. The predicted octanol–water partition coefficient (Wildman–Crippen LogP) is 4.05. The Morgan fingerprint density at radius 3 is 2.95 bits per heavy atom. The van der Waals surface area contributed by atoms with E-state index in [4.69, 9.17) is 14.4 Å². The third-order valence-electron chi connectivity index (χ3n) is 3.05. The molecule has 0 aliphatic heterocycles. The zero-order valence-electron chi connectivity index (χ0n) is 12.8. The van der Waals surface area contributed by atoms with Crippen LogP contribution in [-0.4, -0.2) is 16.0 Å². The first-order valence-corrected chi connectivity index (χ1v) is 8.20. The molecule has 1 aromatic carbocycles. The summed E-state index contributed by atoms with van der Waals surface area (Å²) in [6, 6.07) is 8.21. The molecule has 1 aromatic heterocycles. The van der Waals surface area contributed by atoms with Gasteiger partial charge < -0.3 is 9.15 Å². The van der Waals surface area contributed by atoms with Crippen LogP contribution < -0.4 is 4.74 Å². The molecule has 0 N–H and O–H groups in total. The van der Waals surface area contributed by atoms with Crippen molar-refractivity contribution in [3.8, 4) is 11.8 Å². The fourth-order valence-corrected chi connectivity index (χ4v) is 2.60. The summed E-state index contributed by atoms with van der Waals surface area (Å²) in [6.07, 6.45) is 2.47. The maximum atomic E-state index is 8.46. The van der Waals surface area contributed by atoms with E-state index in [1.165, 1.54) is 11.8 Å². The summed E-state index contributed by atoms with van der Waals surface area (Å²) >= 11 is 1.51. The number of hydrogen-bond donors (Lipinski definition) is 0. The van der Waals surface area contributed by atoms with Gasteiger partial charge in [0, 0.05) is 12.2 Å². The summed E-state index contributed by atoms with van der Waals surface area (Å²) in [5, 5.41) is 17.0. The van der Waals surface area contributed by atoms with Gasteiger partial charge >= 0.3 is 0 Å². The second-order valence-corrected chi connectivity index (χ2v) is 6.03. The number of rotatable bonds is 8. The van der Waals surface area contributed by atoms with E-state index in [0.29, 0.717) is 17.5 Å². The van der Waals surface area contributed by atoms with Crippen LogP contribution in [0.5, 0.6) is 5.75 Å². The summed E-state index contributed by atoms with van der Waals surface area (Å²) < 4.78 is 11.3. The minimum Gasteiger partial charge on any atom is -0.484 e. The highest BCUT2D eigenvalue weighted by atomic mass is 32.2. The van der Waals surface area contributed by atoms with Crippen LogP contribution in [0.3, 0.4) is 0 Å². The van der Waals surface area contributed by atoms with Gasteiger partial charge in [-0.15, -0.1) is 10.2 Å². The molecule has 22 heavy (non-hydrogen) atoms. The summed E-state index contributed by atoms with van der Waals surface area (Å²) in [4.78, 5) is 0. The van der Waals surface area contributed by atoms with E-state index in [1.54, 1.807) is 0 Å². The number of aromatic nitrogens is 2. The van der Waals surface area contributed by atoms with Gasteiger partial charge in [-0.1, -0.05) is 23.9 Å². The Balaban J connectivity index is 1.79. The van der Waals surface area contributed by atoms with Gasteiger partial charge in [-0.3, -0.25) is 0 Å². The topological polar surface area (TPSA) is 71.9 Å². The van der Waals surface area contributed by atoms with Crippen LogP contribution in [0.1, 0.15) is 36.3 Å². The third kappa shape index (κ3) is 5.08. The van der Waals surface area contributed by atoms with E-state index in [0.717, 1.165) is 35.5 Å². The van der Waals surface area contributed by atoms with Gasteiger partial charge in [-0.25, -0.2) is 0 Å². The van der Waals surface area contributed by atoms with Crippen molar-refractivity contribution in [2.75, 3.05) is 5.75 Å². The Hall–Kier alpha value is -2.00. The number of nitrogens with zero attached hydrogens (tertiary/aromatic N) is 3. The Bertz CT molecular complexity index is 649. The smallest absolute Gasteiger partial charge is 0.276 e. The predicted molar refractivity (Wildman–Crippen MR) is 84.7 cm³/mol. The molecule has 0 amide bonds. The normalized spacial score (nSPS) is 10.4. The molecule has 0 radical (unpaired) electrons. The highest BCUT2D eigenvalue weighted by molar-refractivity contribution is 7.99. The zero-order valence-corrected chi connectivity index (χ0v) is 13.7.